The number of hydrogen-bond donors (Lipinski definition) is 1. The Hall–Kier alpha value is -2.45. The van der Waals surface area contributed by atoms with Gasteiger partial charge in [-0.1, -0.05) is 6.07 Å². The maximum absolute atomic E-state index is 13.0. The van der Waals surface area contributed by atoms with Gasteiger partial charge in [0, 0.05) is 16.6 Å². The van der Waals surface area contributed by atoms with Gasteiger partial charge in [0.15, 0.2) is 5.11 Å². The number of hydrogen-bond acceptors (Lipinski definition) is 5. The van der Waals surface area contributed by atoms with Gasteiger partial charge in [-0.05, 0) is 61.8 Å². The van der Waals surface area contributed by atoms with Gasteiger partial charge in [-0.2, -0.15) is 0 Å². The summed E-state index contributed by atoms with van der Waals surface area (Å²) in [5.41, 5.74) is 0.658. The molecule has 0 saturated carbocycles. The minimum Gasteiger partial charge on any atom is -0.497 e. The molecule has 148 valence electrons. The summed E-state index contributed by atoms with van der Waals surface area (Å²) in [6, 6.07) is 10.4. The van der Waals surface area contributed by atoms with Gasteiger partial charge in [-0.3, -0.25) is 14.5 Å². The number of nitrogens with one attached hydrogen (secondary N) is 1. The van der Waals surface area contributed by atoms with E-state index < -0.39 is 6.04 Å². The van der Waals surface area contributed by atoms with Gasteiger partial charge in [0.1, 0.15) is 11.8 Å². The Labute approximate surface area is 174 Å². The number of carbonyl (C=O) groups is 2. The summed E-state index contributed by atoms with van der Waals surface area (Å²) in [5.74, 6) is 0.358. The number of thiocarbonyl (C=S) groups is 1. The van der Waals surface area contributed by atoms with Crippen LogP contribution in [0.1, 0.15) is 25.1 Å². The van der Waals surface area contributed by atoms with Crippen LogP contribution >= 0.6 is 23.6 Å². The topological polar surface area (TPSA) is 61.9 Å². The van der Waals surface area contributed by atoms with Gasteiger partial charge < -0.3 is 15.0 Å². The zero-order chi connectivity index (χ0) is 20.3. The SMILES string of the molecule is COc1ccc(NC(=O)C[C@@H]2C(=O)N(Cc3cccs3)C(=S)N2C(C)C)cc1. The van der Waals surface area contributed by atoms with E-state index in [1.165, 1.54) is 0 Å². The predicted octanol–water partition coefficient (Wildman–Crippen LogP) is 3.49. The standard InChI is InChI=1S/C20H23N3O3S2/c1-13(2)23-17(11-18(24)21-14-6-8-15(26-3)9-7-14)19(25)22(20(23)27)12-16-5-4-10-28-16/h4-10,13,17H,11-12H2,1-3H3,(H,21,24)/t17-/m1/s1. The van der Waals surface area contributed by atoms with Crippen molar-refractivity contribution in [3.8, 4) is 5.75 Å². The molecule has 1 aromatic carbocycles. The van der Waals surface area contributed by atoms with Crippen molar-refractivity contribution in [1.82, 2.24) is 9.80 Å². The molecule has 0 bridgehead atoms. The van der Waals surface area contributed by atoms with Crippen molar-refractivity contribution in [3.63, 3.8) is 0 Å². The molecule has 2 aromatic rings. The van der Waals surface area contributed by atoms with Crippen molar-refractivity contribution in [2.45, 2.75) is 38.9 Å². The highest BCUT2D eigenvalue weighted by atomic mass is 32.1. The number of ether oxygens (including phenoxy) is 1. The minimum absolute atomic E-state index is 0.0172. The number of benzene rings is 1. The normalized spacial score (nSPS) is 16.8. The smallest absolute Gasteiger partial charge is 0.252 e. The van der Waals surface area contributed by atoms with Crippen LogP contribution in [-0.4, -0.2) is 45.9 Å². The van der Waals surface area contributed by atoms with E-state index >= 15 is 0 Å². The number of nitrogens with zero attached hydrogens (tertiary/aromatic N) is 2. The molecule has 1 atom stereocenters. The quantitative estimate of drug-likeness (QED) is 0.699. The van der Waals surface area contributed by atoms with Crippen molar-refractivity contribution in [2.24, 2.45) is 0 Å². The molecule has 6 nitrogen and oxygen atoms in total. The van der Waals surface area contributed by atoms with Crippen molar-refractivity contribution in [3.05, 3.63) is 46.7 Å². The first-order valence-corrected chi connectivity index (χ1v) is 10.3. The molecule has 1 aliphatic heterocycles. The third-order valence-electron chi connectivity index (χ3n) is 4.54. The first-order chi connectivity index (χ1) is 13.4. The number of amides is 2. The van der Waals surface area contributed by atoms with E-state index in [1.807, 2.05) is 36.3 Å². The fourth-order valence-corrected chi connectivity index (χ4v) is 4.38. The van der Waals surface area contributed by atoms with Gasteiger partial charge in [-0.25, -0.2) is 0 Å². The Morgan fingerprint density at radius 3 is 2.57 bits per heavy atom. The number of thiophene rings is 1. The summed E-state index contributed by atoms with van der Waals surface area (Å²) < 4.78 is 5.12. The second-order valence-corrected chi connectivity index (χ2v) is 8.18. The van der Waals surface area contributed by atoms with Crippen LogP contribution in [-0.2, 0) is 16.1 Å². The van der Waals surface area contributed by atoms with E-state index in [2.05, 4.69) is 5.32 Å². The van der Waals surface area contributed by atoms with Crippen LogP contribution in [0.25, 0.3) is 0 Å². The zero-order valence-electron chi connectivity index (χ0n) is 16.0. The average molecular weight is 418 g/mol. The van der Waals surface area contributed by atoms with Crippen LogP contribution in [0.3, 0.4) is 0 Å². The monoisotopic (exact) mass is 417 g/mol. The summed E-state index contributed by atoms with van der Waals surface area (Å²) in [7, 11) is 1.59. The number of rotatable bonds is 7. The molecule has 1 aromatic heterocycles. The Bertz CT molecular complexity index is 850. The van der Waals surface area contributed by atoms with Crippen LogP contribution < -0.4 is 10.1 Å². The highest BCUT2D eigenvalue weighted by Crippen LogP contribution is 2.26. The molecular formula is C20H23N3O3S2. The van der Waals surface area contributed by atoms with E-state index in [0.29, 0.717) is 23.1 Å². The predicted molar refractivity (Wildman–Crippen MR) is 114 cm³/mol. The second kappa shape index (κ2) is 8.70. The van der Waals surface area contributed by atoms with E-state index in [1.54, 1.807) is 47.6 Å². The van der Waals surface area contributed by atoms with Crippen molar-refractivity contribution in [2.75, 3.05) is 12.4 Å². The fourth-order valence-electron chi connectivity index (χ4n) is 3.20. The molecular weight excluding hydrogens is 394 g/mol. The lowest BCUT2D eigenvalue weighted by atomic mass is 10.1. The van der Waals surface area contributed by atoms with Gasteiger partial charge in [0.25, 0.3) is 5.91 Å². The third-order valence-corrected chi connectivity index (χ3v) is 5.83. The number of carbonyl (C=O) groups excluding carboxylic acids is 2. The summed E-state index contributed by atoms with van der Waals surface area (Å²) in [6.45, 7) is 4.39. The highest BCUT2D eigenvalue weighted by Gasteiger charge is 2.44. The lowest BCUT2D eigenvalue weighted by molar-refractivity contribution is -0.131. The maximum Gasteiger partial charge on any atom is 0.252 e. The molecule has 2 heterocycles. The molecule has 2 amide bonds. The Balaban J connectivity index is 1.71. The zero-order valence-corrected chi connectivity index (χ0v) is 17.7. The van der Waals surface area contributed by atoms with Gasteiger partial charge in [-0.15, -0.1) is 11.3 Å². The van der Waals surface area contributed by atoms with Gasteiger partial charge in [0.05, 0.1) is 20.1 Å². The fraction of sp³-hybridized carbons (Fsp3) is 0.350. The van der Waals surface area contributed by atoms with E-state index in [0.717, 1.165) is 4.88 Å². The molecule has 28 heavy (non-hydrogen) atoms. The minimum atomic E-state index is -0.592. The Morgan fingerprint density at radius 2 is 2.00 bits per heavy atom. The van der Waals surface area contributed by atoms with E-state index in [-0.39, 0.29) is 24.3 Å². The Morgan fingerprint density at radius 1 is 1.29 bits per heavy atom. The maximum atomic E-state index is 13.0. The molecule has 1 saturated heterocycles. The molecule has 1 aliphatic rings. The van der Waals surface area contributed by atoms with Crippen LogP contribution in [0, 0.1) is 0 Å². The largest absolute Gasteiger partial charge is 0.497 e. The molecule has 1 fully saturated rings. The molecule has 0 aliphatic carbocycles. The lowest BCUT2D eigenvalue weighted by Gasteiger charge is -2.27. The van der Waals surface area contributed by atoms with E-state index in [9.17, 15) is 9.59 Å². The second-order valence-electron chi connectivity index (χ2n) is 6.78. The van der Waals surface area contributed by atoms with Crippen molar-refractivity contribution < 1.29 is 14.3 Å². The summed E-state index contributed by atoms with van der Waals surface area (Å²) >= 11 is 7.15. The number of anilines is 1. The lowest BCUT2D eigenvalue weighted by Crippen LogP contribution is -2.42. The molecule has 0 unspecified atom stereocenters. The average Bonchev–Trinajstić information content (AvgIpc) is 3.25. The Kier molecular flexibility index (Phi) is 6.31. The third kappa shape index (κ3) is 4.34. The first-order valence-electron chi connectivity index (χ1n) is 9.00. The summed E-state index contributed by atoms with van der Waals surface area (Å²) in [5, 5.41) is 5.30. The van der Waals surface area contributed by atoms with Crippen LogP contribution in [0.15, 0.2) is 41.8 Å². The highest BCUT2D eigenvalue weighted by molar-refractivity contribution is 7.80. The summed E-state index contributed by atoms with van der Waals surface area (Å²) in [4.78, 5) is 30.1. The molecule has 1 N–H and O–H groups in total. The molecule has 0 spiro atoms. The number of methoxy groups -OCH3 is 1. The van der Waals surface area contributed by atoms with Crippen LogP contribution in [0.5, 0.6) is 5.75 Å². The molecule has 8 heteroatoms. The van der Waals surface area contributed by atoms with E-state index in [4.69, 9.17) is 17.0 Å². The van der Waals surface area contributed by atoms with Crippen molar-refractivity contribution >= 4 is 46.2 Å². The molecule has 3 rings (SSSR count). The van der Waals surface area contributed by atoms with Crippen LogP contribution in [0.4, 0.5) is 5.69 Å². The first kappa shape index (κ1) is 20.3. The van der Waals surface area contributed by atoms with Crippen LogP contribution in [0.2, 0.25) is 0 Å². The van der Waals surface area contributed by atoms with Gasteiger partial charge >= 0.3 is 0 Å². The summed E-state index contributed by atoms with van der Waals surface area (Å²) in [6.07, 6.45) is 0.0458. The van der Waals surface area contributed by atoms with Crippen molar-refractivity contribution in [1.29, 1.82) is 0 Å². The van der Waals surface area contributed by atoms with Gasteiger partial charge in [0.2, 0.25) is 5.91 Å². The molecule has 0 radical (unpaired) electrons.